The number of amides is 1. The largest absolute Gasteiger partial charge is 0.478 e. The number of hydrogen-bond acceptors (Lipinski definition) is 5. The maximum Gasteiger partial charge on any atom is 0.338 e. The van der Waals surface area contributed by atoms with Gasteiger partial charge in [-0.15, -0.1) is 0 Å². The van der Waals surface area contributed by atoms with Gasteiger partial charge >= 0.3 is 11.9 Å². The van der Waals surface area contributed by atoms with Crippen molar-refractivity contribution in [3.63, 3.8) is 0 Å². The number of benzene rings is 3. The summed E-state index contributed by atoms with van der Waals surface area (Å²) < 4.78 is 10.6. The second-order valence-electron chi connectivity index (χ2n) is 6.18. The summed E-state index contributed by atoms with van der Waals surface area (Å²) in [5.74, 6) is -0.932. The van der Waals surface area contributed by atoms with Gasteiger partial charge in [-0.2, -0.15) is 0 Å². The molecule has 1 amide bonds. The molecule has 0 heterocycles. The fourth-order valence-corrected chi connectivity index (χ4v) is 2.66. The molecule has 0 aliphatic rings. The van der Waals surface area contributed by atoms with Crippen molar-refractivity contribution in [2.45, 2.75) is 6.92 Å². The van der Waals surface area contributed by atoms with E-state index in [1.54, 1.807) is 67.6 Å². The van der Waals surface area contributed by atoms with E-state index in [1.807, 2.05) is 0 Å². The monoisotopic (exact) mass is 405 g/mol. The van der Waals surface area contributed by atoms with Crippen molar-refractivity contribution in [3.05, 3.63) is 89.5 Å². The molecule has 0 unspecified atom stereocenters. The minimum absolute atomic E-state index is 0.0112. The van der Waals surface area contributed by atoms with Crippen LogP contribution in [0.15, 0.2) is 72.8 Å². The van der Waals surface area contributed by atoms with Gasteiger partial charge in [-0.3, -0.25) is 4.79 Å². The fourth-order valence-electron chi connectivity index (χ4n) is 2.66. The Morgan fingerprint density at radius 1 is 0.833 bits per heavy atom. The summed E-state index contributed by atoms with van der Waals surface area (Å²) in [4.78, 5) is 35.4. The van der Waals surface area contributed by atoms with Gasteiger partial charge in [0.05, 0.1) is 23.4 Å². The number of nitrogens with one attached hydrogen (secondary N) is 1. The summed E-state index contributed by atoms with van der Waals surface area (Å²) in [6, 6.07) is 19.1. The molecule has 152 valence electrons. The topological polar surface area (TPSA) is 102 Å². The third kappa shape index (κ3) is 5.02. The average molecular weight is 405 g/mol. The zero-order chi connectivity index (χ0) is 21.5. The number of para-hydroxylation sites is 1. The van der Waals surface area contributed by atoms with Gasteiger partial charge in [0.1, 0.15) is 11.5 Å². The van der Waals surface area contributed by atoms with Crippen LogP contribution >= 0.6 is 0 Å². The van der Waals surface area contributed by atoms with Crippen molar-refractivity contribution in [2.24, 2.45) is 0 Å². The van der Waals surface area contributed by atoms with Gasteiger partial charge in [0.25, 0.3) is 5.91 Å². The molecule has 7 nitrogen and oxygen atoms in total. The molecular weight excluding hydrogens is 386 g/mol. The van der Waals surface area contributed by atoms with Crippen LogP contribution in [0.2, 0.25) is 0 Å². The molecule has 0 aliphatic carbocycles. The maximum absolute atomic E-state index is 12.4. The molecule has 2 N–H and O–H groups in total. The van der Waals surface area contributed by atoms with Gasteiger partial charge < -0.3 is 19.9 Å². The third-order valence-corrected chi connectivity index (χ3v) is 4.12. The number of carbonyl (C=O) groups excluding carboxylic acids is 2. The fraction of sp³-hybridized carbons (Fsp3) is 0.0870. The van der Waals surface area contributed by atoms with Crippen LogP contribution in [-0.4, -0.2) is 29.6 Å². The summed E-state index contributed by atoms with van der Waals surface area (Å²) in [7, 11) is 0. The first-order chi connectivity index (χ1) is 14.5. The van der Waals surface area contributed by atoms with Crippen LogP contribution in [-0.2, 0) is 4.74 Å². The van der Waals surface area contributed by atoms with E-state index in [0.717, 1.165) is 0 Å². The molecule has 7 heteroatoms. The Labute approximate surface area is 172 Å². The highest BCUT2D eigenvalue weighted by atomic mass is 16.5. The van der Waals surface area contributed by atoms with Gasteiger partial charge in [0, 0.05) is 5.56 Å². The minimum Gasteiger partial charge on any atom is -0.478 e. The summed E-state index contributed by atoms with van der Waals surface area (Å²) in [6.07, 6.45) is 0. The molecule has 0 radical (unpaired) electrons. The summed E-state index contributed by atoms with van der Waals surface area (Å²) in [5, 5.41) is 11.8. The predicted octanol–water partition coefficient (Wildman–Crippen LogP) is 4.61. The third-order valence-electron chi connectivity index (χ3n) is 4.12. The number of rotatable bonds is 7. The molecule has 0 saturated carbocycles. The summed E-state index contributed by atoms with van der Waals surface area (Å²) >= 11 is 0. The number of carboxylic acid groups (broad SMARTS) is 1. The highest BCUT2D eigenvalue weighted by Crippen LogP contribution is 2.23. The smallest absolute Gasteiger partial charge is 0.338 e. The molecule has 3 aromatic carbocycles. The molecular formula is C23H19NO6. The molecule has 0 fully saturated rings. The molecule has 0 atom stereocenters. The Kier molecular flexibility index (Phi) is 6.44. The van der Waals surface area contributed by atoms with Crippen molar-refractivity contribution >= 4 is 23.5 Å². The van der Waals surface area contributed by atoms with E-state index in [-0.39, 0.29) is 11.3 Å². The number of aromatic carboxylic acids is 1. The zero-order valence-electron chi connectivity index (χ0n) is 16.1. The first-order valence-electron chi connectivity index (χ1n) is 9.16. The lowest BCUT2D eigenvalue weighted by Gasteiger charge is -2.10. The molecule has 0 aromatic heterocycles. The van der Waals surface area contributed by atoms with E-state index in [1.165, 1.54) is 12.1 Å². The standard InChI is InChI=1S/C23H19NO6/c1-2-29-23(28)16-9-13-18(14-10-16)30-17-11-7-15(8-12-17)21(25)24-20-6-4-3-5-19(20)22(26)27/h3-14H,2H2,1H3,(H,24,25)(H,26,27). The van der Waals surface area contributed by atoms with Crippen LogP contribution in [0.25, 0.3) is 0 Å². The predicted molar refractivity (Wildman–Crippen MR) is 110 cm³/mol. The van der Waals surface area contributed by atoms with Crippen molar-refractivity contribution in [1.82, 2.24) is 0 Å². The number of hydrogen-bond donors (Lipinski definition) is 2. The molecule has 3 rings (SSSR count). The van der Waals surface area contributed by atoms with Gasteiger partial charge in [0.2, 0.25) is 0 Å². The lowest BCUT2D eigenvalue weighted by Crippen LogP contribution is -2.14. The van der Waals surface area contributed by atoms with E-state index in [9.17, 15) is 19.5 Å². The number of esters is 1. The lowest BCUT2D eigenvalue weighted by molar-refractivity contribution is 0.0525. The Hall–Kier alpha value is -4.13. The van der Waals surface area contributed by atoms with Crippen molar-refractivity contribution in [2.75, 3.05) is 11.9 Å². The van der Waals surface area contributed by atoms with E-state index < -0.39 is 17.8 Å². The second-order valence-corrected chi connectivity index (χ2v) is 6.18. The maximum atomic E-state index is 12.4. The van der Waals surface area contributed by atoms with E-state index >= 15 is 0 Å². The normalized spacial score (nSPS) is 10.2. The number of ether oxygens (including phenoxy) is 2. The van der Waals surface area contributed by atoms with Gasteiger partial charge in [0.15, 0.2) is 0 Å². The molecule has 30 heavy (non-hydrogen) atoms. The Bertz CT molecular complexity index is 1060. The molecule has 0 bridgehead atoms. The Morgan fingerprint density at radius 3 is 1.97 bits per heavy atom. The van der Waals surface area contributed by atoms with Gasteiger partial charge in [-0.05, 0) is 67.6 Å². The first-order valence-corrected chi connectivity index (χ1v) is 9.16. The second kappa shape index (κ2) is 9.38. The van der Waals surface area contributed by atoms with E-state index in [0.29, 0.717) is 29.2 Å². The van der Waals surface area contributed by atoms with Crippen molar-refractivity contribution in [3.8, 4) is 11.5 Å². The van der Waals surface area contributed by atoms with Gasteiger partial charge in [-0.1, -0.05) is 12.1 Å². The van der Waals surface area contributed by atoms with Crippen LogP contribution in [0.3, 0.4) is 0 Å². The minimum atomic E-state index is -1.12. The zero-order valence-corrected chi connectivity index (χ0v) is 16.1. The van der Waals surface area contributed by atoms with Crippen LogP contribution in [0.1, 0.15) is 38.0 Å². The number of carboxylic acids is 1. The van der Waals surface area contributed by atoms with E-state index in [2.05, 4.69) is 5.32 Å². The SMILES string of the molecule is CCOC(=O)c1ccc(Oc2ccc(C(=O)Nc3ccccc3C(=O)O)cc2)cc1. The summed E-state index contributed by atoms with van der Waals surface area (Å²) in [5.41, 5.74) is 1.01. The molecule has 0 saturated heterocycles. The highest BCUT2D eigenvalue weighted by Gasteiger charge is 2.13. The molecule has 0 aliphatic heterocycles. The molecule has 3 aromatic rings. The Morgan fingerprint density at radius 2 is 1.40 bits per heavy atom. The van der Waals surface area contributed by atoms with Crippen LogP contribution in [0.4, 0.5) is 5.69 Å². The summed E-state index contributed by atoms with van der Waals surface area (Å²) in [6.45, 7) is 2.04. The lowest BCUT2D eigenvalue weighted by atomic mass is 10.1. The number of anilines is 1. The van der Waals surface area contributed by atoms with Crippen LogP contribution < -0.4 is 10.1 Å². The van der Waals surface area contributed by atoms with Crippen molar-refractivity contribution in [1.29, 1.82) is 0 Å². The van der Waals surface area contributed by atoms with Gasteiger partial charge in [-0.25, -0.2) is 9.59 Å². The highest BCUT2D eigenvalue weighted by molar-refractivity contribution is 6.07. The molecule has 0 spiro atoms. The Balaban J connectivity index is 1.66. The van der Waals surface area contributed by atoms with Crippen molar-refractivity contribution < 1.29 is 29.0 Å². The number of carbonyl (C=O) groups is 3. The first kappa shape index (κ1) is 20.6. The average Bonchev–Trinajstić information content (AvgIpc) is 2.75. The quantitative estimate of drug-likeness (QED) is 0.557. The van der Waals surface area contributed by atoms with Crippen LogP contribution in [0, 0.1) is 0 Å². The van der Waals surface area contributed by atoms with E-state index in [4.69, 9.17) is 9.47 Å². The van der Waals surface area contributed by atoms with Crippen LogP contribution in [0.5, 0.6) is 11.5 Å².